The van der Waals surface area contributed by atoms with E-state index in [1.807, 2.05) is 47.2 Å². The van der Waals surface area contributed by atoms with Gasteiger partial charge in [-0.2, -0.15) is 9.97 Å². The molecule has 4 aliphatic heterocycles. The van der Waals surface area contributed by atoms with Crippen LogP contribution in [0.25, 0.3) is 32.9 Å². The molecule has 9 nitrogen and oxygen atoms in total. The average molecular weight is 674 g/mol. The molecule has 6 heterocycles. The van der Waals surface area contributed by atoms with Gasteiger partial charge in [0.25, 0.3) is 0 Å². The van der Waals surface area contributed by atoms with E-state index in [1.165, 1.54) is 0 Å². The molecule has 1 N–H and O–H groups in total. The van der Waals surface area contributed by atoms with Gasteiger partial charge in [0.15, 0.2) is 5.82 Å². The fourth-order valence-electron chi connectivity index (χ4n) is 7.82. The zero-order valence-electron chi connectivity index (χ0n) is 26.8. The Morgan fingerprint density at radius 1 is 1.21 bits per heavy atom. The number of pyridine rings is 1. The van der Waals surface area contributed by atoms with Crippen LogP contribution in [0.15, 0.2) is 54.7 Å². The molecule has 4 aliphatic rings. The Kier molecular flexibility index (Phi) is 8.17. The Hall–Kier alpha value is -3.93. The summed E-state index contributed by atoms with van der Waals surface area (Å²) in [4.78, 5) is 32.6. The predicted octanol–water partition coefficient (Wildman–Crippen LogP) is 5.41. The highest BCUT2D eigenvalue weighted by Crippen LogP contribution is 2.41. The maximum atomic E-state index is 16.7. The number of fused-ring (bicyclic) bond motifs is 3. The van der Waals surface area contributed by atoms with Gasteiger partial charge in [0.2, 0.25) is 5.91 Å². The molecule has 3 atom stereocenters. The summed E-state index contributed by atoms with van der Waals surface area (Å²) in [7, 11) is 1.90. The number of ether oxygens (including phenoxy) is 1. The summed E-state index contributed by atoms with van der Waals surface area (Å²) in [6.45, 7) is 4.29. The van der Waals surface area contributed by atoms with Crippen molar-refractivity contribution in [1.29, 1.82) is 0 Å². The monoisotopic (exact) mass is 673 g/mol. The molecule has 2 aromatic heterocycles. The smallest absolute Gasteiger partial charge is 0.319 e. The summed E-state index contributed by atoms with van der Waals surface area (Å²) in [5, 5.41) is 5.81. The normalized spacial score (nSPS) is 24.3. The maximum Gasteiger partial charge on any atom is 0.319 e. The fraction of sp³-hybridized carbons (Fsp3) is 0.444. The van der Waals surface area contributed by atoms with E-state index in [-0.39, 0.29) is 41.7 Å². The van der Waals surface area contributed by atoms with Crippen LogP contribution in [-0.4, -0.2) is 101 Å². The number of hydrogen-bond acceptors (Lipinski definition) is 8. The number of likely N-dealkylation sites (tertiary alicyclic amines) is 1. The number of alkyl halides is 1. The van der Waals surface area contributed by atoms with Crippen molar-refractivity contribution in [2.24, 2.45) is 5.92 Å². The van der Waals surface area contributed by atoms with Crippen LogP contribution in [0.4, 0.5) is 14.6 Å². The number of aromatic nitrogens is 3. The number of carbonyl (C=O) groups excluding carboxylic acids is 1. The second kappa shape index (κ2) is 12.5. The third kappa shape index (κ3) is 5.65. The summed E-state index contributed by atoms with van der Waals surface area (Å²) >= 11 is 6.61. The van der Waals surface area contributed by atoms with E-state index in [0.717, 1.165) is 37.7 Å². The Balaban J connectivity index is 1.11. The summed E-state index contributed by atoms with van der Waals surface area (Å²) in [5.41, 5.74) is 0.382. The highest BCUT2D eigenvalue weighted by atomic mass is 35.5. The highest BCUT2D eigenvalue weighted by molar-refractivity contribution is 6.36. The van der Waals surface area contributed by atoms with Gasteiger partial charge >= 0.3 is 6.01 Å². The van der Waals surface area contributed by atoms with E-state index < -0.39 is 17.5 Å². The number of hydrogen-bond donors (Lipinski definition) is 1. The van der Waals surface area contributed by atoms with Crippen molar-refractivity contribution < 1.29 is 18.3 Å². The van der Waals surface area contributed by atoms with Gasteiger partial charge in [0.1, 0.15) is 29.8 Å². The van der Waals surface area contributed by atoms with Gasteiger partial charge < -0.3 is 19.9 Å². The number of halogens is 3. The van der Waals surface area contributed by atoms with Crippen molar-refractivity contribution in [1.82, 2.24) is 30.1 Å². The standard InChI is InChI=1S/C36H38ClF2N7O2/c1-44(17-22-18-45(19-22)29(47)10-9-25-11-13-40-25)34-27-16-41-32(26-7-2-5-23-6-3-8-28(37)30(23)26)31(39)33(27)42-35(43-34)48-21-36-12-4-14-46(36)20-24(38)15-36/h2-3,5-10,16,22,24-25,40H,4,11-15,17-21H2,1H3/b10-9+/t24-,25-,36+/m1/s1. The van der Waals surface area contributed by atoms with E-state index in [9.17, 15) is 9.18 Å². The minimum Gasteiger partial charge on any atom is -0.461 e. The predicted molar refractivity (Wildman–Crippen MR) is 183 cm³/mol. The Labute approximate surface area is 282 Å². The molecule has 8 rings (SSSR count). The zero-order chi connectivity index (χ0) is 33.0. The molecule has 4 aromatic rings. The molecule has 0 saturated carbocycles. The fourth-order valence-corrected chi connectivity index (χ4v) is 8.11. The average Bonchev–Trinajstić information content (AvgIpc) is 3.56. The Morgan fingerprint density at radius 3 is 2.81 bits per heavy atom. The zero-order valence-corrected chi connectivity index (χ0v) is 27.6. The van der Waals surface area contributed by atoms with Crippen molar-refractivity contribution in [3.8, 4) is 17.3 Å². The van der Waals surface area contributed by atoms with Gasteiger partial charge in [-0.25, -0.2) is 8.78 Å². The van der Waals surface area contributed by atoms with Crippen molar-refractivity contribution in [2.75, 3.05) is 57.8 Å². The van der Waals surface area contributed by atoms with E-state index >= 15 is 4.39 Å². The molecule has 0 aliphatic carbocycles. The summed E-state index contributed by atoms with van der Waals surface area (Å²) in [6.07, 6.45) is 7.58. The van der Waals surface area contributed by atoms with Crippen LogP contribution in [0.3, 0.4) is 0 Å². The Morgan fingerprint density at radius 2 is 2.02 bits per heavy atom. The van der Waals surface area contributed by atoms with Gasteiger partial charge in [-0.05, 0) is 43.8 Å². The van der Waals surface area contributed by atoms with Gasteiger partial charge in [0.05, 0.1) is 10.9 Å². The van der Waals surface area contributed by atoms with Gasteiger partial charge in [-0.1, -0.05) is 48.0 Å². The van der Waals surface area contributed by atoms with Crippen molar-refractivity contribution in [3.05, 3.63) is 65.6 Å². The van der Waals surface area contributed by atoms with Crippen LogP contribution in [0.2, 0.25) is 5.02 Å². The summed E-state index contributed by atoms with van der Waals surface area (Å²) in [5.74, 6) is 0.116. The third-order valence-corrected chi connectivity index (χ3v) is 10.8. The molecule has 4 fully saturated rings. The number of carbonyl (C=O) groups is 1. The Bertz CT molecular complexity index is 1910. The highest BCUT2D eigenvalue weighted by Gasteiger charge is 2.49. The number of benzene rings is 2. The molecule has 250 valence electrons. The van der Waals surface area contributed by atoms with Crippen molar-refractivity contribution >= 4 is 45.0 Å². The van der Waals surface area contributed by atoms with E-state index in [1.54, 1.807) is 24.4 Å². The first kappa shape index (κ1) is 31.3. The molecule has 48 heavy (non-hydrogen) atoms. The van der Waals surface area contributed by atoms with Gasteiger partial charge in [-0.15, -0.1) is 0 Å². The van der Waals surface area contributed by atoms with Crippen LogP contribution in [0.5, 0.6) is 6.01 Å². The lowest BCUT2D eigenvalue weighted by molar-refractivity contribution is -0.131. The van der Waals surface area contributed by atoms with Gasteiger partial charge in [-0.3, -0.25) is 14.7 Å². The molecule has 0 bridgehead atoms. The van der Waals surface area contributed by atoms with Gasteiger partial charge in [0, 0.05) is 79.9 Å². The second-order valence-corrected chi connectivity index (χ2v) is 14.1. The number of amides is 1. The van der Waals surface area contributed by atoms with Crippen molar-refractivity contribution in [2.45, 2.75) is 43.4 Å². The molecule has 1 amide bonds. The van der Waals surface area contributed by atoms with Crippen LogP contribution in [-0.2, 0) is 4.79 Å². The minimum absolute atomic E-state index is 0.0147. The SMILES string of the molecule is CN(CC1CN(C(=O)/C=C/[C@@H]2CCN2)C1)c1nc(OC[C@@]23CCCN2C[C@H](F)C3)nc2c(F)c(-c3cccc4cccc(Cl)c34)ncc12. The maximum absolute atomic E-state index is 16.7. The molecular weight excluding hydrogens is 636 g/mol. The largest absolute Gasteiger partial charge is 0.461 e. The second-order valence-electron chi connectivity index (χ2n) is 13.7. The van der Waals surface area contributed by atoms with E-state index in [2.05, 4.69) is 20.2 Å². The summed E-state index contributed by atoms with van der Waals surface area (Å²) < 4.78 is 37.5. The lowest BCUT2D eigenvalue weighted by Crippen LogP contribution is -2.53. The lowest BCUT2D eigenvalue weighted by Gasteiger charge is -2.41. The minimum atomic E-state index is -0.897. The van der Waals surface area contributed by atoms with Crippen LogP contribution < -0.4 is 15.0 Å². The quantitative estimate of drug-likeness (QED) is 0.236. The first-order chi connectivity index (χ1) is 23.3. The molecule has 0 unspecified atom stereocenters. The van der Waals surface area contributed by atoms with Crippen LogP contribution in [0, 0.1) is 11.7 Å². The number of nitrogens with one attached hydrogen (secondary N) is 1. The molecule has 0 spiro atoms. The summed E-state index contributed by atoms with van der Waals surface area (Å²) in [6, 6.07) is 11.5. The molecule has 4 saturated heterocycles. The van der Waals surface area contributed by atoms with E-state index in [0.29, 0.717) is 59.8 Å². The van der Waals surface area contributed by atoms with E-state index in [4.69, 9.17) is 21.3 Å². The lowest BCUT2D eigenvalue weighted by atomic mass is 9.95. The third-order valence-electron chi connectivity index (χ3n) is 10.5. The van der Waals surface area contributed by atoms with Crippen molar-refractivity contribution in [3.63, 3.8) is 0 Å². The number of rotatable bonds is 9. The molecule has 12 heteroatoms. The molecule has 0 radical (unpaired) electrons. The number of nitrogens with zero attached hydrogens (tertiary/aromatic N) is 6. The van der Waals surface area contributed by atoms with Crippen LogP contribution >= 0.6 is 11.6 Å². The number of anilines is 1. The molecular formula is C36H38ClF2N7O2. The molecule has 2 aromatic carbocycles. The first-order valence-corrected chi connectivity index (χ1v) is 17.1. The topological polar surface area (TPSA) is 86.7 Å². The van der Waals surface area contributed by atoms with Crippen LogP contribution in [0.1, 0.15) is 25.7 Å². The first-order valence-electron chi connectivity index (χ1n) is 16.8.